The van der Waals surface area contributed by atoms with Crippen molar-refractivity contribution in [1.29, 1.82) is 0 Å². The number of pyridine rings is 1. The molecule has 1 atom stereocenters. The van der Waals surface area contributed by atoms with Gasteiger partial charge < -0.3 is 19.6 Å². The Bertz CT molecular complexity index is 1110. The second-order valence-corrected chi connectivity index (χ2v) is 10.4. The fraction of sp³-hybridized carbons (Fsp3) is 0.500. The van der Waals surface area contributed by atoms with Crippen molar-refractivity contribution in [2.45, 2.75) is 44.7 Å². The zero-order valence-electron chi connectivity index (χ0n) is 21.9. The van der Waals surface area contributed by atoms with Crippen molar-refractivity contribution in [3.8, 4) is 5.75 Å². The SMILES string of the molecule is COc1ccc2ncc(N(C)C)c([C@@H](F)CCC3(CO)CCN(CCCc4ccccc4)CC3)c2c1. The van der Waals surface area contributed by atoms with Crippen LogP contribution in [0.4, 0.5) is 10.1 Å². The van der Waals surface area contributed by atoms with Crippen LogP contribution in [0.25, 0.3) is 10.9 Å². The van der Waals surface area contributed by atoms with Gasteiger partial charge in [0.25, 0.3) is 0 Å². The molecular formula is C30H40FN3O2. The number of likely N-dealkylation sites (tertiary alicyclic amines) is 1. The first-order valence-electron chi connectivity index (χ1n) is 13.1. The molecule has 1 N–H and O–H groups in total. The Labute approximate surface area is 214 Å². The molecule has 4 rings (SSSR count). The first kappa shape index (κ1) is 26.4. The number of fused-ring (bicyclic) bond motifs is 1. The zero-order chi connectivity index (χ0) is 25.5. The summed E-state index contributed by atoms with van der Waals surface area (Å²) in [5.74, 6) is 0.695. The van der Waals surface area contributed by atoms with Crippen molar-refractivity contribution in [3.63, 3.8) is 0 Å². The predicted molar refractivity (Wildman–Crippen MR) is 146 cm³/mol. The summed E-state index contributed by atoms with van der Waals surface area (Å²) in [5, 5.41) is 11.1. The Hall–Kier alpha value is -2.70. The van der Waals surface area contributed by atoms with E-state index in [4.69, 9.17) is 4.74 Å². The number of methoxy groups -OCH3 is 1. The fourth-order valence-corrected chi connectivity index (χ4v) is 5.46. The van der Waals surface area contributed by atoms with Crippen molar-refractivity contribution in [2.75, 3.05) is 52.3 Å². The molecule has 0 aliphatic carbocycles. The van der Waals surface area contributed by atoms with Crippen LogP contribution < -0.4 is 9.64 Å². The largest absolute Gasteiger partial charge is 0.497 e. The van der Waals surface area contributed by atoms with E-state index in [0.717, 1.165) is 61.9 Å². The van der Waals surface area contributed by atoms with Crippen LogP contribution in [-0.2, 0) is 6.42 Å². The van der Waals surface area contributed by atoms with Crippen molar-refractivity contribution >= 4 is 16.6 Å². The molecule has 36 heavy (non-hydrogen) atoms. The number of halogens is 1. The highest BCUT2D eigenvalue weighted by Crippen LogP contribution is 2.42. The van der Waals surface area contributed by atoms with Gasteiger partial charge in [0, 0.05) is 31.7 Å². The van der Waals surface area contributed by atoms with Crippen molar-refractivity contribution in [1.82, 2.24) is 9.88 Å². The highest BCUT2D eigenvalue weighted by Gasteiger charge is 2.35. The third kappa shape index (κ3) is 6.16. The molecule has 0 spiro atoms. The molecule has 0 unspecified atom stereocenters. The number of benzene rings is 2. The van der Waals surface area contributed by atoms with E-state index in [1.54, 1.807) is 13.3 Å². The number of anilines is 1. The van der Waals surface area contributed by atoms with E-state index in [1.807, 2.05) is 37.2 Å². The van der Waals surface area contributed by atoms with Crippen molar-refractivity contribution in [3.05, 3.63) is 65.9 Å². The molecule has 2 heterocycles. The Morgan fingerprint density at radius 2 is 1.89 bits per heavy atom. The van der Waals surface area contributed by atoms with E-state index in [-0.39, 0.29) is 12.0 Å². The molecule has 5 nitrogen and oxygen atoms in total. The van der Waals surface area contributed by atoms with Gasteiger partial charge in [-0.25, -0.2) is 4.39 Å². The van der Waals surface area contributed by atoms with Crippen molar-refractivity contribution in [2.24, 2.45) is 5.41 Å². The number of aromatic nitrogens is 1. The summed E-state index contributed by atoms with van der Waals surface area (Å²) in [7, 11) is 5.46. The highest BCUT2D eigenvalue weighted by atomic mass is 19.1. The maximum Gasteiger partial charge on any atom is 0.128 e. The van der Waals surface area contributed by atoms with Crippen LogP contribution >= 0.6 is 0 Å². The molecule has 1 aliphatic rings. The Kier molecular flexibility index (Phi) is 8.81. The fourth-order valence-electron chi connectivity index (χ4n) is 5.46. The maximum atomic E-state index is 16.0. The number of hydrogen-bond donors (Lipinski definition) is 1. The lowest BCUT2D eigenvalue weighted by Gasteiger charge is -2.41. The van der Waals surface area contributed by atoms with E-state index < -0.39 is 6.17 Å². The molecular weight excluding hydrogens is 453 g/mol. The molecule has 1 fully saturated rings. The minimum atomic E-state index is -1.15. The molecule has 3 aromatic rings. The van der Waals surface area contributed by atoms with Crippen LogP contribution in [0.1, 0.15) is 49.4 Å². The third-order valence-corrected chi connectivity index (χ3v) is 7.85. The Morgan fingerprint density at radius 1 is 1.14 bits per heavy atom. The standard InChI is InChI=1S/C30H40FN3O2/c1-33(2)28-21-32-27-12-11-24(36-3)20-25(27)29(28)26(31)13-14-30(22-35)15-18-34(19-16-30)17-7-10-23-8-5-4-6-9-23/h4-6,8-9,11-12,20-21,26,35H,7,10,13-19,22H2,1-3H3/t26-/m0/s1. The van der Waals surface area contributed by atoms with Crippen LogP contribution in [0.2, 0.25) is 0 Å². The first-order chi connectivity index (χ1) is 17.4. The number of hydrogen-bond acceptors (Lipinski definition) is 5. The molecule has 0 saturated carbocycles. The highest BCUT2D eigenvalue weighted by molar-refractivity contribution is 5.88. The van der Waals surface area contributed by atoms with Gasteiger partial charge in [0.2, 0.25) is 0 Å². The Morgan fingerprint density at radius 3 is 2.56 bits per heavy atom. The zero-order valence-corrected chi connectivity index (χ0v) is 21.9. The molecule has 0 radical (unpaired) electrons. The average molecular weight is 494 g/mol. The maximum absolute atomic E-state index is 16.0. The summed E-state index contributed by atoms with van der Waals surface area (Å²) in [6, 6.07) is 16.2. The van der Waals surface area contributed by atoms with Crippen LogP contribution in [0.15, 0.2) is 54.7 Å². The van der Waals surface area contributed by atoms with Gasteiger partial charge in [-0.2, -0.15) is 0 Å². The van der Waals surface area contributed by atoms with Gasteiger partial charge in [-0.1, -0.05) is 30.3 Å². The van der Waals surface area contributed by atoms with E-state index in [1.165, 1.54) is 5.56 Å². The van der Waals surface area contributed by atoms with Gasteiger partial charge in [-0.05, 0) is 87.3 Å². The lowest BCUT2D eigenvalue weighted by molar-refractivity contribution is 0.0300. The second-order valence-electron chi connectivity index (χ2n) is 10.4. The van der Waals surface area contributed by atoms with Gasteiger partial charge in [0.1, 0.15) is 11.9 Å². The average Bonchev–Trinajstić information content (AvgIpc) is 2.92. The van der Waals surface area contributed by atoms with E-state index in [2.05, 4.69) is 40.2 Å². The molecule has 194 valence electrons. The van der Waals surface area contributed by atoms with Gasteiger partial charge in [-0.15, -0.1) is 0 Å². The molecule has 2 aromatic carbocycles. The van der Waals surface area contributed by atoms with Gasteiger partial charge >= 0.3 is 0 Å². The quantitative estimate of drug-likeness (QED) is 0.365. The number of piperidine rings is 1. The lowest BCUT2D eigenvalue weighted by Crippen LogP contribution is -2.42. The summed E-state index contributed by atoms with van der Waals surface area (Å²) in [6.07, 6.45) is 5.70. The summed E-state index contributed by atoms with van der Waals surface area (Å²) in [4.78, 5) is 8.96. The van der Waals surface area contributed by atoms with Gasteiger partial charge in [-0.3, -0.25) is 4.98 Å². The van der Waals surface area contributed by atoms with Crippen LogP contribution in [0.5, 0.6) is 5.75 Å². The Balaban J connectivity index is 1.39. The lowest BCUT2D eigenvalue weighted by atomic mass is 9.74. The van der Waals surface area contributed by atoms with E-state index in [9.17, 15) is 5.11 Å². The van der Waals surface area contributed by atoms with Crippen molar-refractivity contribution < 1.29 is 14.2 Å². The number of ether oxygens (including phenoxy) is 1. The van der Waals surface area contributed by atoms with Crippen LogP contribution in [0.3, 0.4) is 0 Å². The van der Waals surface area contributed by atoms with E-state index in [0.29, 0.717) is 24.2 Å². The van der Waals surface area contributed by atoms with Crippen LogP contribution in [-0.4, -0.2) is 62.4 Å². The second kappa shape index (κ2) is 12.0. The van der Waals surface area contributed by atoms with Gasteiger partial charge in [0.15, 0.2) is 0 Å². The van der Waals surface area contributed by atoms with E-state index >= 15 is 4.39 Å². The summed E-state index contributed by atoms with van der Waals surface area (Å²) >= 11 is 0. The minimum Gasteiger partial charge on any atom is -0.497 e. The number of aliphatic hydroxyl groups excluding tert-OH is 1. The number of aryl methyl sites for hydroxylation is 1. The number of nitrogens with zero attached hydrogens (tertiary/aromatic N) is 3. The molecule has 0 bridgehead atoms. The topological polar surface area (TPSA) is 48.8 Å². The number of rotatable bonds is 11. The monoisotopic (exact) mass is 493 g/mol. The van der Waals surface area contributed by atoms with Gasteiger partial charge in [0.05, 0.1) is 24.5 Å². The molecule has 1 saturated heterocycles. The number of alkyl halides is 1. The van der Waals surface area contributed by atoms with Crippen LogP contribution in [0, 0.1) is 5.41 Å². The smallest absolute Gasteiger partial charge is 0.128 e. The molecule has 1 aliphatic heterocycles. The third-order valence-electron chi connectivity index (χ3n) is 7.85. The summed E-state index contributed by atoms with van der Waals surface area (Å²) in [5.41, 5.74) is 3.38. The normalized spacial score (nSPS) is 16.7. The first-order valence-corrected chi connectivity index (χ1v) is 13.1. The predicted octanol–water partition coefficient (Wildman–Crippen LogP) is 5.81. The molecule has 6 heteroatoms. The number of aliphatic hydroxyl groups is 1. The summed E-state index contributed by atoms with van der Waals surface area (Å²) < 4.78 is 21.4. The minimum absolute atomic E-state index is 0.114. The molecule has 1 aromatic heterocycles. The molecule has 0 amide bonds. The summed E-state index contributed by atoms with van der Waals surface area (Å²) in [6.45, 7) is 3.11.